The Bertz CT molecular complexity index is 1190. The maximum absolute atomic E-state index is 11.3. The van der Waals surface area contributed by atoms with Crippen molar-refractivity contribution in [3.8, 4) is 22.6 Å². The van der Waals surface area contributed by atoms with Crippen molar-refractivity contribution in [3.05, 3.63) is 60.6 Å². The van der Waals surface area contributed by atoms with Crippen molar-refractivity contribution < 1.29 is 13.9 Å². The first-order valence-electron chi connectivity index (χ1n) is 10.7. The smallest absolute Gasteiger partial charge is 0.305 e. The molecule has 0 saturated carbocycles. The lowest BCUT2D eigenvalue weighted by Gasteiger charge is -2.08. The number of pyridine rings is 1. The molecule has 0 saturated heterocycles. The van der Waals surface area contributed by atoms with E-state index in [0.29, 0.717) is 18.0 Å². The van der Waals surface area contributed by atoms with Crippen LogP contribution in [0, 0.1) is 6.92 Å². The van der Waals surface area contributed by atoms with Gasteiger partial charge >= 0.3 is 5.97 Å². The number of carbonyl (C=O) groups excluding carboxylic acids is 1. The molecule has 0 fully saturated rings. The van der Waals surface area contributed by atoms with Crippen molar-refractivity contribution >= 4 is 22.9 Å². The molecule has 0 aliphatic carbocycles. The Morgan fingerprint density at radius 1 is 1.03 bits per heavy atom. The Balaban J connectivity index is 1.65. The summed E-state index contributed by atoms with van der Waals surface area (Å²) in [4.78, 5) is 24.8. The maximum atomic E-state index is 11.3. The van der Waals surface area contributed by atoms with Crippen molar-refractivity contribution in [2.24, 2.45) is 0 Å². The molecule has 0 spiro atoms. The number of aryl methyl sites for hydroxylation is 1. The number of carbonyl (C=O) groups is 1. The molecule has 0 aliphatic heterocycles. The number of benzene rings is 1. The second-order valence-corrected chi connectivity index (χ2v) is 7.61. The number of nitrogens with zero attached hydrogens (tertiary/aromatic N) is 3. The Hall–Kier alpha value is -3.74. The number of nitrogens with one attached hydrogen (secondary N) is 1. The summed E-state index contributed by atoms with van der Waals surface area (Å²) >= 11 is 0. The van der Waals surface area contributed by atoms with Crippen LogP contribution in [0.5, 0.6) is 0 Å². The van der Waals surface area contributed by atoms with Gasteiger partial charge in [0.15, 0.2) is 0 Å². The molecule has 0 unspecified atom stereocenters. The lowest BCUT2D eigenvalue weighted by molar-refractivity contribution is -0.140. The number of hydrogen-bond donors (Lipinski definition) is 1. The van der Waals surface area contributed by atoms with Crippen LogP contribution < -0.4 is 5.32 Å². The van der Waals surface area contributed by atoms with Gasteiger partial charge in [-0.05, 0) is 31.4 Å². The Labute approximate surface area is 186 Å². The number of esters is 1. The molecule has 3 aromatic heterocycles. The quantitative estimate of drug-likeness (QED) is 0.281. The third-order valence-corrected chi connectivity index (χ3v) is 5.27. The zero-order valence-corrected chi connectivity index (χ0v) is 18.3. The number of fused-ring (bicyclic) bond motifs is 1. The van der Waals surface area contributed by atoms with E-state index in [-0.39, 0.29) is 5.97 Å². The number of ether oxygens (including phenoxy) is 1. The van der Waals surface area contributed by atoms with E-state index in [9.17, 15) is 4.79 Å². The minimum atomic E-state index is -0.169. The Morgan fingerprint density at radius 3 is 2.62 bits per heavy atom. The molecule has 0 radical (unpaired) electrons. The monoisotopic (exact) mass is 430 g/mol. The third kappa shape index (κ3) is 4.77. The van der Waals surface area contributed by atoms with Crippen molar-refractivity contribution in [2.75, 3.05) is 19.0 Å². The van der Waals surface area contributed by atoms with E-state index in [4.69, 9.17) is 4.42 Å². The standard InChI is InChI=1S/C25H26N4O3/c1-17-12-13-19(27-15-17)21-22-24(26-14-8-4-7-11-20(30)31-2)28-16-29-25(22)32-23(21)18-9-5-3-6-10-18/h3,5-6,9-10,12-13,15-16H,4,7-8,11,14H2,1-2H3,(H,26,28,29). The predicted molar refractivity (Wildman–Crippen MR) is 124 cm³/mol. The van der Waals surface area contributed by atoms with Crippen LogP contribution in [-0.4, -0.2) is 34.6 Å². The Morgan fingerprint density at radius 2 is 1.88 bits per heavy atom. The molecule has 0 aliphatic rings. The number of unbranched alkanes of at least 4 members (excludes halogenated alkanes) is 2. The summed E-state index contributed by atoms with van der Waals surface area (Å²) in [6, 6.07) is 14.0. The van der Waals surface area contributed by atoms with E-state index in [0.717, 1.165) is 59.3 Å². The van der Waals surface area contributed by atoms with Crippen LogP contribution in [0.1, 0.15) is 31.2 Å². The van der Waals surface area contributed by atoms with Crippen molar-refractivity contribution in [3.63, 3.8) is 0 Å². The molecule has 0 atom stereocenters. The van der Waals surface area contributed by atoms with Crippen LogP contribution in [0.3, 0.4) is 0 Å². The minimum absolute atomic E-state index is 0.169. The first kappa shape index (κ1) is 21.5. The molecular formula is C25H26N4O3. The molecule has 7 nitrogen and oxygen atoms in total. The molecule has 0 bridgehead atoms. The number of aromatic nitrogens is 3. The fourth-order valence-electron chi connectivity index (χ4n) is 3.60. The van der Waals surface area contributed by atoms with Gasteiger partial charge in [0.1, 0.15) is 17.9 Å². The van der Waals surface area contributed by atoms with Gasteiger partial charge in [0.05, 0.1) is 23.8 Å². The zero-order chi connectivity index (χ0) is 22.3. The fraction of sp³-hybridized carbons (Fsp3) is 0.280. The molecule has 7 heteroatoms. The van der Waals surface area contributed by atoms with Gasteiger partial charge < -0.3 is 14.5 Å². The molecular weight excluding hydrogens is 404 g/mol. The van der Waals surface area contributed by atoms with E-state index in [2.05, 4.69) is 25.0 Å². The highest BCUT2D eigenvalue weighted by molar-refractivity contribution is 6.05. The lowest BCUT2D eigenvalue weighted by atomic mass is 10.0. The molecule has 4 aromatic rings. The van der Waals surface area contributed by atoms with Crippen molar-refractivity contribution in [2.45, 2.75) is 32.6 Å². The summed E-state index contributed by atoms with van der Waals surface area (Å²) in [5.41, 5.74) is 4.24. The lowest BCUT2D eigenvalue weighted by Crippen LogP contribution is -2.05. The number of methoxy groups -OCH3 is 1. The van der Waals surface area contributed by atoms with Crippen LogP contribution in [0.25, 0.3) is 33.7 Å². The first-order chi connectivity index (χ1) is 15.7. The largest absolute Gasteiger partial charge is 0.469 e. The van der Waals surface area contributed by atoms with Gasteiger partial charge in [-0.3, -0.25) is 9.78 Å². The number of hydrogen-bond acceptors (Lipinski definition) is 7. The normalized spacial score (nSPS) is 10.9. The maximum Gasteiger partial charge on any atom is 0.305 e. The first-order valence-corrected chi connectivity index (χ1v) is 10.7. The molecule has 1 N–H and O–H groups in total. The topological polar surface area (TPSA) is 90.1 Å². The van der Waals surface area contributed by atoms with Crippen LogP contribution in [-0.2, 0) is 9.53 Å². The average molecular weight is 431 g/mol. The van der Waals surface area contributed by atoms with Gasteiger partial charge in [-0.15, -0.1) is 0 Å². The van der Waals surface area contributed by atoms with Crippen LogP contribution in [0.4, 0.5) is 5.82 Å². The summed E-state index contributed by atoms with van der Waals surface area (Å²) in [5, 5.41) is 4.24. The number of furan rings is 1. The van der Waals surface area contributed by atoms with E-state index in [1.807, 2.05) is 55.6 Å². The van der Waals surface area contributed by atoms with Crippen molar-refractivity contribution in [1.82, 2.24) is 15.0 Å². The van der Waals surface area contributed by atoms with Gasteiger partial charge in [0, 0.05) is 24.7 Å². The highest BCUT2D eigenvalue weighted by atomic mass is 16.5. The van der Waals surface area contributed by atoms with Gasteiger partial charge in [-0.1, -0.05) is 42.8 Å². The molecule has 32 heavy (non-hydrogen) atoms. The highest BCUT2D eigenvalue weighted by Crippen LogP contribution is 2.41. The van der Waals surface area contributed by atoms with E-state index in [1.54, 1.807) is 0 Å². The average Bonchev–Trinajstić information content (AvgIpc) is 3.22. The van der Waals surface area contributed by atoms with E-state index in [1.165, 1.54) is 13.4 Å². The van der Waals surface area contributed by atoms with Crippen LogP contribution >= 0.6 is 0 Å². The second kappa shape index (κ2) is 10.0. The summed E-state index contributed by atoms with van der Waals surface area (Å²) in [7, 11) is 1.42. The Kier molecular flexibility index (Phi) is 6.75. The molecule has 0 amide bonds. The molecule has 1 aromatic carbocycles. The molecule has 164 valence electrons. The van der Waals surface area contributed by atoms with Crippen LogP contribution in [0.2, 0.25) is 0 Å². The van der Waals surface area contributed by atoms with Gasteiger partial charge in [-0.2, -0.15) is 0 Å². The van der Waals surface area contributed by atoms with E-state index < -0.39 is 0 Å². The third-order valence-electron chi connectivity index (χ3n) is 5.27. The predicted octanol–water partition coefficient (Wildman–Crippen LogP) is 5.41. The van der Waals surface area contributed by atoms with E-state index >= 15 is 0 Å². The summed E-state index contributed by atoms with van der Waals surface area (Å²) in [6.07, 6.45) is 6.43. The summed E-state index contributed by atoms with van der Waals surface area (Å²) in [5.74, 6) is 1.27. The fourth-order valence-corrected chi connectivity index (χ4v) is 3.60. The summed E-state index contributed by atoms with van der Waals surface area (Å²) in [6.45, 7) is 2.73. The van der Waals surface area contributed by atoms with Gasteiger partial charge in [-0.25, -0.2) is 9.97 Å². The zero-order valence-electron chi connectivity index (χ0n) is 18.3. The van der Waals surface area contributed by atoms with Crippen molar-refractivity contribution in [1.29, 1.82) is 0 Å². The molecule has 4 rings (SSSR count). The van der Waals surface area contributed by atoms with Gasteiger partial charge in [0.25, 0.3) is 0 Å². The number of anilines is 1. The molecule has 3 heterocycles. The van der Waals surface area contributed by atoms with Gasteiger partial charge in [0.2, 0.25) is 5.71 Å². The second-order valence-electron chi connectivity index (χ2n) is 7.61. The summed E-state index contributed by atoms with van der Waals surface area (Å²) < 4.78 is 10.9. The SMILES string of the molecule is COC(=O)CCCCCNc1ncnc2oc(-c3ccccc3)c(-c3ccc(C)cn3)c12. The highest BCUT2D eigenvalue weighted by Gasteiger charge is 2.22. The van der Waals surface area contributed by atoms with Crippen LogP contribution in [0.15, 0.2) is 59.4 Å². The minimum Gasteiger partial charge on any atom is -0.469 e. The number of rotatable bonds is 9.